The van der Waals surface area contributed by atoms with Gasteiger partial charge >= 0.3 is 5.63 Å². The Labute approximate surface area is 86.1 Å². The highest BCUT2D eigenvalue weighted by atomic mass is 35.5. The Balaban J connectivity index is 3.02. The highest BCUT2D eigenvalue weighted by Crippen LogP contribution is 2.21. The van der Waals surface area contributed by atoms with Gasteiger partial charge in [0, 0.05) is 5.02 Å². The van der Waals surface area contributed by atoms with E-state index in [-0.39, 0.29) is 5.63 Å². The van der Waals surface area contributed by atoms with Gasteiger partial charge in [-0.3, -0.25) is 0 Å². The lowest BCUT2D eigenvalue weighted by Crippen LogP contribution is -2.01. The molecule has 0 aliphatic carbocycles. The normalized spacial score (nSPS) is 10.8. The molecule has 0 bridgehead atoms. The van der Waals surface area contributed by atoms with Crippen molar-refractivity contribution in [3.63, 3.8) is 0 Å². The monoisotopic (exact) mass is 208 g/mol. The van der Waals surface area contributed by atoms with Gasteiger partial charge in [-0.2, -0.15) is 0 Å². The molecule has 2 aromatic rings. The summed E-state index contributed by atoms with van der Waals surface area (Å²) in [7, 11) is 0. The summed E-state index contributed by atoms with van der Waals surface area (Å²) < 4.78 is 4.99. The van der Waals surface area contributed by atoms with Crippen LogP contribution in [0, 0.1) is 13.8 Å². The Morgan fingerprint density at radius 3 is 2.57 bits per heavy atom. The second kappa shape index (κ2) is 3.14. The first-order chi connectivity index (χ1) is 6.58. The van der Waals surface area contributed by atoms with E-state index in [1.807, 2.05) is 19.1 Å². The van der Waals surface area contributed by atoms with Crippen molar-refractivity contribution in [2.75, 3.05) is 0 Å². The van der Waals surface area contributed by atoms with E-state index in [0.717, 1.165) is 10.9 Å². The standard InChI is InChI=1S/C11H9ClO2/c1-6-3-8(12)5-10-9(6)4-7(2)14-11(10)13/h3-5H,1-2H3. The summed E-state index contributed by atoms with van der Waals surface area (Å²) in [5.41, 5.74) is 0.661. The average Bonchev–Trinajstić information content (AvgIpc) is 2.07. The summed E-state index contributed by atoms with van der Waals surface area (Å²) in [5, 5.41) is 2.01. The van der Waals surface area contributed by atoms with Crippen molar-refractivity contribution in [1.82, 2.24) is 0 Å². The molecule has 0 spiro atoms. The lowest BCUT2D eigenvalue weighted by atomic mass is 10.1. The Morgan fingerprint density at radius 1 is 1.14 bits per heavy atom. The van der Waals surface area contributed by atoms with Gasteiger partial charge in [-0.25, -0.2) is 4.79 Å². The molecule has 1 aromatic heterocycles. The summed E-state index contributed by atoms with van der Waals surface area (Å²) >= 11 is 5.86. The first-order valence-corrected chi connectivity index (χ1v) is 4.66. The summed E-state index contributed by atoms with van der Waals surface area (Å²) in [6.45, 7) is 3.68. The van der Waals surface area contributed by atoms with Gasteiger partial charge in [0.2, 0.25) is 0 Å². The van der Waals surface area contributed by atoms with Gasteiger partial charge in [-0.05, 0) is 43.0 Å². The molecule has 1 heterocycles. The fourth-order valence-electron chi connectivity index (χ4n) is 1.55. The Hall–Kier alpha value is -1.28. The van der Waals surface area contributed by atoms with Crippen molar-refractivity contribution in [3.8, 4) is 0 Å². The Bertz CT molecular complexity index is 555. The van der Waals surface area contributed by atoms with Crippen molar-refractivity contribution >= 4 is 22.4 Å². The van der Waals surface area contributed by atoms with Gasteiger partial charge < -0.3 is 4.42 Å². The van der Waals surface area contributed by atoms with Crippen LogP contribution >= 0.6 is 11.6 Å². The molecule has 3 heteroatoms. The molecule has 0 saturated heterocycles. The van der Waals surface area contributed by atoms with Crippen LogP contribution in [-0.4, -0.2) is 0 Å². The molecule has 0 atom stereocenters. The molecule has 0 saturated carbocycles. The van der Waals surface area contributed by atoms with Gasteiger partial charge in [0.05, 0.1) is 5.39 Å². The highest BCUT2D eigenvalue weighted by Gasteiger charge is 2.05. The summed E-state index contributed by atoms with van der Waals surface area (Å²) in [4.78, 5) is 11.5. The molecule has 0 fully saturated rings. The molecule has 0 unspecified atom stereocenters. The summed E-state index contributed by atoms with van der Waals surface area (Å²) in [6.07, 6.45) is 0. The smallest absolute Gasteiger partial charge is 0.343 e. The molecule has 0 N–H and O–H groups in total. The van der Waals surface area contributed by atoms with Crippen molar-refractivity contribution in [3.05, 3.63) is 45.0 Å². The van der Waals surface area contributed by atoms with Crippen molar-refractivity contribution in [1.29, 1.82) is 0 Å². The van der Waals surface area contributed by atoms with Crippen LogP contribution in [0.3, 0.4) is 0 Å². The van der Waals surface area contributed by atoms with E-state index >= 15 is 0 Å². The van der Waals surface area contributed by atoms with Crippen LogP contribution in [0.5, 0.6) is 0 Å². The maximum atomic E-state index is 11.5. The van der Waals surface area contributed by atoms with Gasteiger partial charge in [0.1, 0.15) is 5.76 Å². The van der Waals surface area contributed by atoms with Gasteiger partial charge in [-0.15, -0.1) is 0 Å². The molecule has 0 amide bonds. The molecule has 14 heavy (non-hydrogen) atoms. The van der Waals surface area contributed by atoms with Gasteiger partial charge in [0.15, 0.2) is 0 Å². The number of hydrogen-bond donors (Lipinski definition) is 0. The third kappa shape index (κ3) is 1.42. The van der Waals surface area contributed by atoms with Crippen LogP contribution in [0.1, 0.15) is 11.3 Å². The van der Waals surface area contributed by atoms with Gasteiger partial charge in [0.25, 0.3) is 0 Å². The summed E-state index contributed by atoms with van der Waals surface area (Å²) in [6, 6.07) is 5.32. The molecular weight excluding hydrogens is 200 g/mol. The Kier molecular flexibility index (Phi) is 2.08. The van der Waals surface area contributed by atoms with Crippen LogP contribution in [0.25, 0.3) is 10.8 Å². The van der Waals surface area contributed by atoms with E-state index in [9.17, 15) is 4.79 Å². The Morgan fingerprint density at radius 2 is 1.86 bits per heavy atom. The fraction of sp³-hybridized carbons (Fsp3) is 0.182. The zero-order valence-corrected chi connectivity index (χ0v) is 8.68. The SMILES string of the molecule is Cc1cc2c(C)cc(Cl)cc2c(=O)o1. The first-order valence-electron chi connectivity index (χ1n) is 4.28. The number of hydrogen-bond acceptors (Lipinski definition) is 2. The molecule has 72 valence electrons. The maximum Gasteiger partial charge on any atom is 0.343 e. The fourth-order valence-corrected chi connectivity index (χ4v) is 1.82. The molecular formula is C11H9ClO2. The third-order valence-corrected chi connectivity index (χ3v) is 2.39. The zero-order valence-electron chi connectivity index (χ0n) is 7.93. The first kappa shape index (κ1) is 9.28. The van der Waals surface area contributed by atoms with Crippen molar-refractivity contribution in [2.45, 2.75) is 13.8 Å². The lowest BCUT2D eigenvalue weighted by molar-refractivity contribution is 0.488. The average molecular weight is 209 g/mol. The number of rotatable bonds is 0. The molecule has 1 aromatic carbocycles. The van der Waals surface area contributed by atoms with E-state index in [1.54, 1.807) is 13.0 Å². The second-order valence-corrected chi connectivity index (χ2v) is 3.76. The van der Waals surface area contributed by atoms with E-state index in [1.165, 1.54) is 0 Å². The van der Waals surface area contributed by atoms with Crippen molar-refractivity contribution < 1.29 is 4.42 Å². The summed E-state index contributed by atoms with van der Waals surface area (Å²) in [5.74, 6) is 0.618. The largest absolute Gasteiger partial charge is 0.428 e. The highest BCUT2D eigenvalue weighted by molar-refractivity contribution is 6.31. The third-order valence-electron chi connectivity index (χ3n) is 2.17. The molecule has 2 nitrogen and oxygen atoms in total. The molecule has 0 radical (unpaired) electrons. The zero-order chi connectivity index (χ0) is 10.3. The predicted molar refractivity (Wildman–Crippen MR) is 57.0 cm³/mol. The minimum Gasteiger partial charge on any atom is -0.428 e. The number of aryl methyl sites for hydroxylation is 2. The number of benzene rings is 1. The molecule has 0 aliphatic rings. The number of fused-ring (bicyclic) bond motifs is 1. The maximum absolute atomic E-state index is 11.5. The number of halogens is 1. The van der Waals surface area contributed by atoms with Crippen LogP contribution in [-0.2, 0) is 0 Å². The van der Waals surface area contributed by atoms with Crippen LogP contribution < -0.4 is 5.63 Å². The topological polar surface area (TPSA) is 30.2 Å². The molecule has 0 aliphatic heterocycles. The minimum atomic E-state index is -0.328. The quantitative estimate of drug-likeness (QED) is 0.666. The minimum absolute atomic E-state index is 0.328. The lowest BCUT2D eigenvalue weighted by Gasteiger charge is -2.02. The van der Waals surface area contributed by atoms with E-state index in [4.69, 9.17) is 16.0 Å². The van der Waals surface area contributed by atoms with Crippen LogP contribution in [0.15, 0.2) is 27.4 Å². The van der Waals surface area contributed by atoms with E-state index < -0.39 is 0 Å². The van der Waals surface area contributed by atoms with Crippen molar-refractivity contribution in [2.24, 2.45) is 0 Å². The van der Waals surface area contributed by atoms with Crippen LogP contribution in [0.4, 0.5) is 0 Å². The van der Waals surface area contributed by atoms with Crippen LogP contribution in [0.2, 0.25) is 5.02 Å². The molecule has 2 rings (SSSR count). The second-order valence-electron chi connectivity index (χ2n) is 3.33. The predicted octanol–water partition coefficient (Wildman–Crippen LogP) is 3.06. The van der Waals surface area contributed by atoms with E-state index in [0.29, 0.717) is 16.2 Å². The van der Waals surface area contributed by atoms with E-state index in [2.05, 4.69) is 0 Å². The van der Waals surface area contributed by atoms with Gasteiger partial charge in [-0.1, -0.05) is 11.6 Å².